The molecule has 0 unspecified atom stereocenters. The highest BCUT2D eigenvalue weighted by atomic mass is 16.5. The zero-order valence-electron chi connectivity index (χ0n) is 11.7. The summed E-state index contributed by atoms with van der Waals surface area (Å²) in [6, 6.07) is 9.65. The van der Waals surface area contributed by atoms with Gasteiger partial charge in [-0.25, -0.2) is 0 Å². The Kier molecular flexibility index (Phi) is 5.11. The van der Waals surface area contributed by atoms with Crippen molar-refractivity contribution in [3.8, 4) is 0 Å². The number of ether oxygens (including phenoxy) is 1. The van der Waals surface area contributed by atoms with Crippen LogP contribution in [0.3, 0.4) is 0 Å². The largest absolute Gasteiger partial charge is 0.389 e. The molecule has 2 rings (SSSR count). The van der Waals surface area contributed by atoms with Crippen LogP contribution in [-0.4, -0.2) is 47.3 Å². The van der Waals surface area contributed by atoms with E-state index in [0.29, 0.717) is 13.2 Å². The normalized spacial score (nSPS) is 26.8. The van der Waals surface area contributed by atoms with E-state index in [1.165, 1.54) is 0 Å². The van der Waals surface area contributed by atoms with Gasteiger partial charge in [-0.1, -0.05) is 37.3 Å². The highest BCUT2D eigenvalue weighted by Crippen LogP contribution is 2.24. The van der Waals surface area contributed by atoms with Crippen LogP contribution >= 0.6 is 0 Å². The summed E-state index contributed by atoms with van der Waals surface area (Å²) in [5, 5.41) is 10.1. The van der Waals surface area contributed by atoms with Crippen molar-refractivity contribution in [3.63, 3.8) is 0 Å². The summed E-state index contributed by atoms with van der Waals surface area (Å²) in [5.74, 6) is -0.365. The van der Waals surface area contributed by atoms with E-state index < -0.39 is 6.10 Å². The minimum absolute atomic E-state index is 0.142. The lowest BCUT2D eigenvalue weighted by molar-refractivity contribution is -0.120. The fourth-order valence-electron chi connectivity index (χ4n) is 2.75. The molecule has 1 aliphatic heterocycles. The molecule has 1 aliphatic rings. The van der Waals surface area contributed by atoms with Crippen molar-refractivity contribution in [1.82, 2.24) is 4.90 Å². The van der Waals surface area contributed by atoms with E-state index in [1.54, 1.807) is 0 Å². The third kappa shape index (κ3) is 3.56. The highest BCUT2D eigenvalue weighted by Gasteiger charge is 2.41. The van der Waals surface area contributed by atoms with Crippen LogP contribution in [0.2, 0.25) is 0 Å². The molecule has 1 heterocycles. The quantitative estimate of drug-likeness (QED) is 0.795. The number of likely N-dealkylation sites (N-methyl/N-ethyl adjacent to an activating group) is 1. The number of primary amides is 1. The number of rotatable bonds is 6. The molecule has 1 aromatic carbocycles. The number of benzene rings is 1. The molecule has 0 saturated carbocycles. The summed E-state index contributed by atoms with van der Waals surface area (Å²) in [7, 11) is 0. The number of aliphatic hydroxyl groups excluding tert-OH is 1. The standard InChI is InChI=1S/C15H22N2O3/c1-2-17-9-13(18)15(12(17)8-14(16)19)20-10-11-6-4-3-5-7-11/h3-7,12-13,15,18H,2,8-10H2,1H3,(H2,16,19)/t12-,13+,15-/m0/s1. The summed E-state index contributed by atoms with van der Waals surface area (Å²) in [5.41, 5.74) is 6.35. The number of aliphatic hydroxyl groups is 1. The van der Waals surface area contributed by atoms with Crippen molar-refractivity contribution in [2.45, 2.75) is 38.2 Å². The van der Waals surface area contributed by atoms with Gasteiger partial charge in [0.2, 0.25) is 5.91 Å². The third-order valence-electron chi connectivity index (χ3n) is 3.75. The Morgan fingerprint density at radius 1 is 1.45 bits per heavy atom. The van der Waals surface area contributed by atoms with Crippen LogP contribution in [0.25, 0.3) is 0 Å². The zero-order valence-corrected chi connectivity index (χ0v) is 11.7. The minimum Gasteiger partial charge on any atom is -0.389 e. The predicted molar refractivity (Wildman–Crippen MR) is 75.9 cm³/mol. The summed E-state index contributed by atoms with van der Waals surface area (Å²) in [6.45, 7) is 3.71. The molecule has 1 saturated heterocycles. The van der Waals surface area contributed by atoms with Gasteiger partial charge in [0.1, 0.15) is 6.10 Å². The summed E-state index contributed by atoms with van der Waals surface area (Å²) >= 11 is 0. The molecule has 5 nitrogen and oxygen atoms in total. The second kappa shape index (κ2) is 6.83. The maximum atomic E-state index is 11.2. The molecule has 1 amide bonds. The van der Waals surface area contributed by atoms with E-state index in [9.17, 15) is 9.90 Å². The van der Waals surface area contributed by atoms with Gasteiger partial charge in [0, 0.05) is 19.0 Å². The Morgan fingerprint density at radius 2 is 2.15 bits per heavy atom. The van der Waals surface area contributed by atoms with Gasteiger partial charge in [-0.15, -0.1) is 0 Å². The average molecular weight is 278 g/mol. The van der Waals surface area contributed by atoms with Crippen molar-refractivity contribution in [3.05, 3.63) is 35.9 Å². The third-order valence-corrected chi connectivity index (χ3v) is 3.75. The van der Waals surface area contributed by atoms with Crippen LogP contribution in [0.4, 0.5) is 0 Å². The molecular formula is C15H22N2O3. The number of likely N-dealkylation sites (tertiary alicyclic amines) is 1. The van der Waals surface area contributed by atoms with Crippen molar-refractivity contribution in [1.29, 1.82) is 0 Å². The average Bonchev–Trinajstić information content (AvgIpc) is 2.73. The molecule has 5 heteroatoms. The van der Waals surface area contributed by atoms with Crippen molar-refractivity contribution in [2.24, 2.45) is 5.73 Å². The van der Waals surface area contributed by atoms with E-state index in [2.05, 4.69) is 0 Å². The first kappa shape index (κ1) is 15.0. The lowest BCUT2D eigenvalue weighted by Gasteiger charge is -2.26. The van der Waals surface area contributed by atoms with Crippen molar-refractivity contribution in [2.75, 3.05) is 13.1 Å². The maximum absolute atomic E-state index is 11.2. The number of amides is 1. The monoisotopic (exact) mass is 278 g/mol. The number of carbonyl (C=O) groups excluding carboxylic acids is 1. The van der Waals surface area contributed by atoms with E-state index in [4.69, 9.17) is 10.5 Å². The number of nitrogens with zero attached hydrogens (tertiary/aromatic N) is 1. The molecule has 0 spiro atoms. The number of hydrogen-bond donors (Lipinski definition) is 2. The van der Waals surface area contributed by atoms with E-state index in [1.807, 2.05) is 42.2 Å². The van der Waals surface area contributed by atoms with Gasteiger partial charge in [-0.3, -0.25) is 9.69 Å². The van der Waals surface area contributed by atoms with Crippen LogP contribution in [0.5, 0.6) is 0 Å². The lowest BCUT2D eigenvalue weighted by Crippen LogP contribution is -2.40. The van der Waals surface area contributed by atoms with E-state index in [-0.39, 0.29) is 24.5 Å². The number of β-amino-alcohol motifs (C(OH)–C–C–N with tert-alkyl or cyclic N) is 1. The first-order chi connectivity index (χ1) is 9.61. The molecule has 0 aromatic heterocycles. The van der Waals surface area contributed by atoms with Crippen molar-refractivity contribution >= 4 is 5.91 Å². The second-order valence-corrected chi connectivity index (χ2v) is 5.15. The molecule has 3 atom stereocenters. The van der Waals surface area contributed by atoms with Crippen LogP contribution < -0.4 is 5.73 Å². The Hall–Kier alpha value is -1.43. The van der Waals surface area contributed by atoms with Gasteiger partial charge in [-0.05, 0) is 12.1 Å². The highest BCUT2D eigenvalue weighted by molar-refractivity contribution is 5.74. The lowest BCUT2D eigenvalue weighted by atomic mass is 10.1. The maximum Gasteiger partial charge on any atom is 0.219 e. The van der Waals surface area contributed by atoms with Crippen molar-refractivity contribution < 1.29 is 14.6 Å². The molecule has 3 N–H and O–H groups in total. The summed E-state index contributed by atoms with van der Waals surface area (Å²) in [6.07, 6.45) is -0.740. The molecule has 0 radical (unpaired) electrons. The summed E-state index contributed by atoms with van der Waals surface area (Å²) < 4.78 is 5.85. The van der Waals surface area contributed by atoms with E-state index >= 15 is 0 Å². The van der Waals surface area contributed by atoms with Crippen LogP contribution in [-0.2, 0) is 16.1 Å². The fraction of sp³-hybridized carbons (Fsp3) is 0.533. The predicted octanol–water partition coefficient (Wildman–Crippen LogP) is 0.512. The Balaban J connectivity index is 2.01. The molecule has 0 bridgehead atoms. The molecule has 0 aliphatic carbocycles. The Morgan fingerprint density at radius 3 is 2.75 bits per heavy atom. The number of nitrogens with two attached hydrogens (primary N) is 1. The molecule has 20 heavy (non-hydrogen) atoms. The topological polar surface area (TPSA) is 75.8 Å². The zero-order chi connectivity index (χ0) is 14.5. The smallest absolute Gasteiger partial charge is 0.219 e. The SMILES string of the molecule is CCN1C[C@@H](O)[C@@H](OCc2ccccc2)[C@@H]1CC(N)=O. The Bertz CT molecular complexity index is 438. The van der Waals surface area contributed by atoms with Crippen LogP contribution in [0.15, 0.2) is 30.3 Å². The second-order valence-electron chi connectivity index (χ2n) is 5.15. The molecule has 1 fully saturated rings. The van der Waals surface area contributed by atoms with E-state index in [0.717, 1.165) is 12.1 Å². The fourth-order valence-corrected chi connectivity index (χ4v) is 2.75. The summed E-state index contributed by atoms with van der Waals surface area (Å²) in [4.78, 5) is 13.2. The van der Waals surface area contributed by atoms with Crippen LogP contribution in [0.1, 0.15) is 18.9 Å². The Labute approximate surface area is 119 Å². The van der Waals surface area contributed by atoms with Gasteiger partial charge >= 0.3 is 0 Å². The molecular weight excluding hydrogens is 256 g/mol. The number of carbonyl (C=O) groups is 1. The molecule has 1 aromatic rings. The van der Waals surface area contributed by atoms with Gasteiger partial charge in [-0.2, -0.15) is 0 Å². The van der Waals surface area contributed by atoms with Crippen LogP contribution in [0, 0.1) is 0 Å². The van der Waals surface area contributed by atoms with Gasteiger partial charge in [0.05, 0.1) is 12.7 Å². The molecule has 110 valence electrons. The van der Waals surface area contributed by atoms with Gasteiger partial charge < -0.3 is 15.6 Å². The minimum atomic E-state index is -0.581. The first-order valence-electron chi connectivity index (χ1n) is 6.97. The van der Waals surface area contributed by atoms with Gasteiger partial charge in [0.25, 0.3) is 0 Å². The van der Waals surface area contributed by atoms with Gasteiger partial charge in [0.15, 0.2) is 0 Å². The first-order valence-corrected chi connectivity index (χ1v) is 6.97. The number of hydrogen-bond acceptors (Lipinski definition) is 4.